The lowest BCUT2D eigenvalue weighted by Crippen LogP contribution is -2.22. The summed E-state index contributed by atoms with van der Waals surface area (Å²) in [5, 5.41) is 12.4. The monoisotopic (exact) mass is 525 g/mol. The number of methoxy groups -OCH3 is 1. The van der Waals surface area contributed by atoms with E-state index >= 15 is 0 Å². The van der Waals surface area contributed by atoms with Crippen LogP contribution in [0.5, 0.6) is 11.5 Å². The predicted molar refractivity (Wildman–Crippen MR) is 139 cm³/mol. The SMILES string of the molecule is COc1ccc(Cn2c(=O)c3c(O)c(Sc4cccc(Cl)c4)c(=O)oc3c3ccc(Cl)cc32)cc1. The van der Waals surface area contributed by atoms with Crippen molar-refractivity contribution in [3.05, 3.63) is 103 Å². The summed E-state index contributed by atoms with van der Waals surface area (Å²) in [7, 11) is 1.58. The number of aromatic nitrogens is 1. The van der Waals surface area contributed by atoms with E-state index in [1.54, 1.807) is 61.7 Å². The fourth-order valence-corrected chi connectivity index (χ4v) is 5.18. The van der Waals surface area contributed by atoms with E-state index in [4.69, 9.17) is 32.4 Å². The molecular weight excluding hydrogens is 509 g/mol. The molecule has 5 aromatic rings. The van der Waals surface area contributed by atoms with Gasteiger partial charge in [-0.3, -0.25) is 4.79 Å². The minimum Gasteiger partial charge on any atom is -0.505 e. The van der Waals surface area contributed by atoms with Crippen molar-refractivity contribution in [2.75, 3.05) is 7.11 Å². The standard InChI is InChI=1S/C26H17Cl2NO5S/c1-33-17-8-5-14(6-9-17)13-29-20-12-16(28)7-10-19(20)23-21(25(29)31)22(30)24(26(32)34-23)35-18-4-2-3-15(27)11-18/h2-12,30H,13H2,1H3. The first-order valence-corrected chi connectivity index (χ1v) is 12.0. The van der Waals surface area contributed by atoms with Crippen molar-refractivity contribution in [1.29, 1.82) is 0 Å². The van der Waals surface area contributed by atoms with Crippen molar-refractivity contribution in [3.8, 4) is 11.5 Å². The molecule has 0 aliphatic rings. The van der Waals surface area contributed by atoms with Gasteiger partial charge in [0.1, 0.15) is 16.0 Å². The fourth-order valence-electron chi connectivity index (χ4n) is 3.87. The van der Waals surface area contributed by atoms with Crippen LogP contribution in [-0.4, -0.2) is 16.8 Å². The Morgan fingerprint density at radius 2 is 1.74 bits per heavy atom. The van der Waals surface area contributed by atoms with Crippen molar-refractivity contribution >= 4 is 56.8 Å². The molecule has 0 saturated carbocycles. The van der Waals surface area contributed by atoms with Crippen molar-refractivity contribution in [1.82, 2.24) is 4.57 Å². The molecule has 0 radical (unpaired) electrons. The molecule has 1 N–H and O–H groups in total. The zero-order chi connectivity index (χ0) is 24.7. The minimum atomic E-state index is -0.761. The Morgan fingerprint density at radius 3 is 2.46 bits per heavy atom. The summed E-state index contributed by atoms with van der Waals surface area (Å²) in [6.07, 6.45) is 0. The molecular formula is C26H17Cl2NO5S. The van der Waals surface area contributed by atoms with E-state index in [9.17, 15) is 14.7 Å². The Hall–Kier alpha value is -3.39. The molecule has 5 rings (SSSR count). The first kappa shape index (κ1) is 23.4. The number of benzene rings is 3. The van der Waals surface area contributed by atoms with E-state index in [1.807, 2.05) is 12.1 Å². The average Bonchev–Trinajstić information content (AvgIpc) is 2.84. The van der Waals surface area contributed by atoms with Crippen LogP contribution in [-0.2, 0) is 6.54 Å². The summed E-state index contributed by atoms with van der Waals surface area (Å²) >= 11 is 13.3. The quantitative estimate of drug-likeness (QED) is 0.270. The first-order chi connectivity index (χ1) is 16.9. The highest BCUT2D eigenvalue weighted by Gasteiger charge is 2.22. The third kappa shape index (κ3) is 4.38. The number of nitrogens with zero attached hydrogens (tertiary/aromatic N) is 1. The Labute approximate surface area is 213 Å². The van der Waals surface area contributed by atoms with Gasteiger partial charge in [0, 0.05) is 20.3 Å². The third-order valence-electron chi connectivity index (χ3n) is 5.53. The Kier molecular flexibility index (Phi) is 6.23. The molecule has 0 atom stereocenters. The lowest BCUT2D eigenvalue weighted by molar-refractivity contribution is 0.414. The molecule has 0 bridgehead atoms. The molecule has 0 spiro atoms. The van der Waals surface area contributed by atoms with Gasteiger partial charge in [0.05, 0.1) is 19.2 Å². The summed E-state index contributed by atoms with van der Waals surface area (Å²) in [6, 6.07) is 19.0. The zero-order valence-electron chi connectivity index (χ0n) is 18.2. The molecule has 0 saturated heterocycles. The van der Waals surface area contributed by atoms with Gasteiger partial charge in [-0.25, -0.2) is 4.79 Å². The van der Waals surface area contributed by atoms with Crippen molar-refractivity contribution in [2.45, 2.75) is 16.3 Å². The normalized spacial score (nSPS) is 11.3. The first-order valence-electron chi connectivity index (χ1n) is 10.4. The van der Waals surface area contributed by atoms with Crippen molar-refractivity contribution < 1.29 is 14.3 Å². The van der Waals surface area contributed by atoms with Crippen LogP contribution in [0.4, 0.5) is 0 Å². The highest BCUT2D eigenvalue weighted by Crippen LogP contribution is 2.38. The Bertz CT molecular complexity index is 1710. The van der Waals surface area contributed by atoms with Crippen LogP contribution in [0.25, 0.3) is 21.9 Å². The topological polar surface area (TPSA) is 81.7 Å². The number of pyridine rings is 1. The number of hydrogen-bond acceptors (Lipinski definition) is 6. The van der Waals surface area contributed by atoms with Gasteiger partial charge in [-0.05, 0) is 54.1 Å². The van der Waals surface area contributed by atoms with Gasteiger partial charge in [0.2, 0.25) is 0 Å². The number of rotatable bonds is 5. The number of aromatic hydroxyl groups is 1. The van der Waals surface area contributed by atoms with Crippen LogP contribution in [0.15, 0.2) is 90.5 Å². The molecule has 9 heteroatoms. The number of fused-ring (bicyclic) bond motifs is 3. The van der Waals surface area contributed by atoms with E-state index < -0.39 is 16.9 Å². The summed E-state index contributed by atoms with van der Waals surface area (Å²) in [5.74, 6) is 0.251. The summed E-state index contributed by atoms with van der Waals surface area (Å²) < 4.78 is 12.3. The van der Waals surface area contributed by atoms with Crippen LogP contribution < -0.4 is 15.9 Å². The molecule has 176 valence electrons. The fraction of sp³-hybridized carbons (Fsp3) is 0.0769. The maximum atomic E-state index is 13.7. The van der Waals surface area contributed by atoms with Crippen LogP contribution >= 0.6 is 35.0 Å². The van der Waals surface area contributed by atoms with Crippen LogP contribution in [0, 0.1) is 0 Å². The zero-order valence-corrected chi connectivity index (χ0v) is 20.6. The van der Waals surface area contributed by atoms with Crippen LogP contribution in [0.2, 0.25) is 10.0 Å². The number of ether oxygens (including phenoxy) is 1. The third-order valence-corrected chi connectivity index (χ3v) is 7.05. The van der Waals surface area contributed by atoms with E-state index in [2.05, 4.69) is 0 Å². The highest BCUT2D eigenvalue weighted by atomic mass is 35.5. The maximum Gasteiger partial charge on any atom is 0.354 e. The summed E-state index contributed by atoms with van der Waals surface area (Å²) in [4.78, 5) is 27.1. The van der Waals surface area contributed by atoms with E-state index in [-0.39, 0.29) is 22.4 Å². The Morgan fingerprint density at radius 1 is 1.00 bits per heavy atom. The molecule has 6 nitrogen and oxygen atoms in total. The van der Waals surface area contributed by atoms with E-state index in [1.165, 1.54) is 4.57 Å². The summed E-state index contributed by atoms with van der Waals surface area (Å²) in [5.41, 5.74) is 0.0384. The molecule has 0 unspecified atom stereocenters. The second-order valence-corrected chi connectivity index (χ2v) is 9.69. The van der Waals surface area contributed by atoms with Gasteiger partial charge < -0.3 is 18.8 Å². The van der Waals surface area contributed by atoms with Gasteiger partial charge in [0.25, 0.3) is 5.56 Å². The lowest BCUT2D eigenvalue weighted by atomic mass is 10.1. The highest BCUT2D eigenvalue weighted by molar-refractivity contribution is 7.99. The predicted octanol–water partition coefficient (Wildman–Crippen LogP) is 6.33. The van der Waals surface area contributed by atoms with E-state index in [0.29, 0.717) is 31.6 Å². The molecule has 35 heavy (non-hydrogen) atoms. The van der Waals surface area contributed by atoms with Crippen molar-refractivity contribution in [3.63, 3.8) is 0 Å². The average molecular weight is 526 g/mol. The molecule has 0 amide bonds. The largest absolute Gasteiger partial charge is 0.505 e. The van der Waals surface area contributed by atoms with Gasteiger partial charge >= 0.3 is 5.63 Å². The number of hydrogen-bond donors (Lipinski definition) is 1. The summed E-state index contributed by atoms with van der Waals surface area (Å²) in [6.45, 7) is 0.199. The smallest absolute Gasteiger partial charge is 0.354 e. The number of halogens is 2. The van der Waals surface area contributed by atoms with Crippen LogP contribution in [0.1, 0.15) is 5.56 Å². The molecule has 0 aliphatic carbocycles. The van der Waals surface area contributed by atoms with Gasteiger partial charge in [-0.1, -0.05) is 53.2 Å². The second kappa shape index (κ2) is 9.34. The molecule has 3 aromatic carbocycles. The van der Waals surface area contributed by atoms with Crippen molar-refractivity contribution in [2.24, 2.45) is 0 Å². The molecule has 2 heterocycles. The maximum absolute atomic E-state index is 13.7. The molecule has 2 aromatic heterocycles. The molecule has 0 fully saturated rings. The van der Waals surface area contributed by atoms with E-state index in [0.717, 1.165) is 17.3 Å². The van der Waals surface area contributed by atoms with Gasteiger partial charge in [-0.2, -0.15) is 0 Å². The Balaban J connectivity index is 1.76. The van der Waals surface area contributed by atoms with Gasteiger partial charge in [0.15, 0.2) is 11.3 Å². The molecule has 0 aliphatic heterocycles. The van der Waals surface area contributed by atoms with Crippen LogP contribution in [0.3, 0.4) is 0 Å². The minimum absolute atomic E-state index is 0.00518. The second-order valence-electron chi connectivity index (χ2n) is 7.73. The van der Waals surface area contributed by atoms with Gasteiger partial charge in [-0.15, -0.1) is 0 Å². The lowest BCUT2D eigenvalue weighted by Gasteiger charge is -2.15.